The van der Waals surface area contributed by atoms with E-state index < -0.39 is 18.6 Å². The quantitative estimate of drug-likeness (QED) is 0.879. The summed E-state index contributed by atoms with van der Waals surface area (Å²) in [4.78, 5) is 15.6. The second-order valence-electron chi connectivity index (χ2n) is 4.24. The van der Waals surface area contributed by atoms with Gasteiger partial charge in [-0.3, -0.25) is 9.78 Å². The maximum absolute atomic E-state index is 12.0. The van der Waals surface area contributed by atoms with Crippen molar-refractivity contribution in [2.45, 2.75) is 6.18 Å². The molecule has 0 radical (unpaired) electrons. The number of carbonyl (C=O) groups is 1. The highest BCUT2D eigenvalue weighted by Crippen LogP contribution is 2.27. The van der Waals surface area contributed by atoms with Crippen molar-refractivity contribution in [1.82, 2.24) is 10.3 Å². The molecule has 0 aliphatic rings. The van der Waals surface area contributed by atoms with Crippen LogP contribution in [0.5, 0.6) is 0 Å². The predicted molar refractivity (Wildman–Crippen MR) is 77.0 cm³/mol. The fourth-order valence-electron chi connectivity index (χ4n) is 1.73. The van der Waals surface area contributed by atoms with E-state index in [1.165, 1.54) is 0 Å². The van der Waals surface area contributed by atoms with Gasteiger partial charge in [-0.05, 0) is 28.1 Å². The van der Waals surface area contributed by atoms with Crippen molar-refractivity contribution in [3.8, 4) is 0 Å². The van der Waals surface area contributed by atoms with E-state index in [1.54, 1.807) is 17.6 Å². The van der Waals surface area contributed by atoms with E-state index in [0.717, 1.165) is 9.86 Å². The van der Waals surface area contributed by atoms with E-state index in [2.05, 4.69) is 26.2 Å². The molecule has 0 unspecified atom stereocenters. The Balaban J connectivity index is 2.04. The van der Waals surface area contributed by atoms with Gasteiger partial charge in [0.25, 0.3) is 0 Å². The summed E-state index contributed by atoms with van der Waals surface area (Å²) in [5.74, 6) is -0.729. The van der Waals surface area contributed by atoms with Gasteiger partial charge in [0.05, 0.1) is 12.1 Å². The summed E-state index contributed by atoms with van der Waals surface area (Å²) in [6.07, 6.45) is -2.85. The number of halogens is 4. The number of hydrogen-bond donors (Lipinski definition) is 2. The highest BCUT2D eigenvalue weighted by Gasteiger charge is 2.27. The molecule has 2 N–H and O–H groups in total. The lowest BCUT2D eigenvalue weighted by Gasteiger charge is -2.11. The van der Waals surface area contributed by atoms with E-state index in [9.17, 15) is 18.0 Å². The van der Waals surface area contributed by atoms with Crippen molar-refractivity contribution >= 4 is 38.4 Å². The fraction of sp³-hybridized carbons (Fsp3) is 0.231. The topological polar surface area (TPSA) is 54.0 Å². The van der Waals surface area contributed by atoms with E-state index >= 15 is 0 Å². The SMILES string of the molecule is O=C(CNc1ccnc2c(Br)cccc12)NCC(F)(F)F. The molecule has 0 aliphatic carbocycles. The van der Waals surface area contributed by atoms with Crippen LogP contribution in [0.3, 0.4) is 0 Å². The van der Waals surface area contributed by atoms with Gasteiger partial charge in [-0.2, -0.15) is 13.2 Å². The largest absolute Gasteiger partial charge is 0.405 e. The summed E-state index contributed by atoms with van der Waals surface area (Å²) in [6, 6.07) is 7.10. The molecule has 21 heavy (non-hydrogen) atoms. The maximum atomic E-state index is 12.0. The van der Waals surface area contributed by atoms with Crippen molar-refractivity contribution in [3.63, 3.8) is 0 Å². The van der Waals surface area contributed by atoms with Gasteiger partial charge in [-0.25, -0.2) is 0 Å². The van der Waals surface area contributed by atoms with Crippen molar-refractivity contribution in [2.24, 2.45) is 0 Å². The monoisotopic (exact) mass is 361 g/mol. The highest BCUT2D eigenvalue weighted by atomic mass is 79.9. The fourth-order valence-corrected chi connectivity index (χ4v) is 2.20. The van der Waals surface area contributed by atoms with E-state index in [-0.39, 0.29) is 6.54 Å². The minimum atomic E-state index is -4.41. The number of alkyl halides is 3. The van der Waals surface area contributed by atoms with Crippen LogP contribution in [0.2, 0.25) is 0 Å². The van der Waals surface area contributed by atoms with Crippen LogP contribution in [-0.4, -0.2) is 30.2 Å². The number of fused-ring (bicyclic) bond motifs is 1. The molecule has 0 atom stereocenters. The van der Waals surface area contributed by atoms with Crippen molar-refractivity contribution in [3.05, 3.63) is 34.9 Å². The zero-order valence-corrected chi connectivity index (χ0v) is 12.3. The summed E-state index contributed by atoms with van der Waals surface area (Å²) in [5.41, 5.74) is 1.33. The molecule has 2 aromatic rings. The Bertz CT molecular complexity index is 661. The summed E-state index contributed by atoms with van der Waals surface area (Å²) in [5, 5.41) is 5.39. The number of pyridine rings is 1. The Morgan fingerprint density at radius 1 is 1.29 bits per heavy atom. The molecule has 0 bridgehead atoms. The number of amides is 1. The molecule has 0 aliphatic heterocycles. The van der Waals surface area contributed by atoms with Crippen LogP contribution < -0.4 is 10.6 Å². The van der Waals surface area contributed by atoms with Crippen LogP contribution in [0.15, 0.2) is 34.9 Å². The molecule has 1 aromatic heterocycles. The molecule has 8 heteroatoms. The molecule has 112 valence electrons. The third-order valence-corrected chi connectivity index (χ3v) is 3.29. The number of hydrogen-bond acceptors (Lipinski definition) is 3. The number of benzene rings is 1. The van der Waals surface area contributed by atoms with Gasteiger partial charge in [-0.15, -0.1) is 0 Å². The number of rotatable bonds is 4. The lowest BCUT2D eigenvalue weighted by molar-refractivity contribution is -0.137. The number of aromatic nitrogens is 1. The number of anilines is 1. The molecular formula is C13H11BrF3N3O. The van der Waals surface area contributed by atoms with Crippen molar-refractivity contribution < 1.29 is 18.0 Å². The number of carbonyl (C=O) groups excluding carboxylic acids is 1. The molecule has 1 aromatic carbocycles. The highest BCUT2D eigenvalue weighted by molar-refractivity contribution is 9.10. The minimum Gasteiger partial charge on any atom is -0.376 e. The Kier molecular flexibility index (Phi) is 4.66. The van der Waals surface area contributed by atoms with Crippen LogP contribution in [0.1, 0.15) is 0 Å². The predicted octanol–water partition coefficient (Wildman–Crippen LogP) is 3.09. The summed E-state index contributed by atoms with van der Waals surface area (Å²) in [6.45, 7) is -1.59. The molecule has 2 rings (SSSR count). The first kappa shape index (κ1) is 15.6. The van der Waals surface area contributed by atoms with E-state index in [1.807, 2.05) is 18.2 Å². The molecule has 4 nitrogen and oxygen atoms in total. The molecule has 0 spiro atoms. The first-order valence-corrected chi connectivity index (χ1v) is 6.77. The zero-order valence-electron chi connectivity index (χ0n) is 10.7. The standard InChI is InChI=1S/C13H11BrF3N3O/c14-9-3-1-2-8-10(4-5-18-12(8)9)19-6-11(21)20-7-13(15,16)17/h1-5H,6-7H2,(H,18,19)(H,20,21). The van der Waals surface area contributed by atoms with Crippen molar-refractivity contribution in [1.29, 1.82) is 0 Å². The Labute approximate surface area is 126 Å². The van der Waals surface area contributed by atoms with Gasteiger partial charge in [0.1, 0.15) is 6.54 Å². The average Bonchev–Trinajstić information content (AvgIpc) is 2.42. The van der Waals surface area contributed by atoms with Gasteiger partial charge in [0, 0.05) is 21.7 Å². The van der Waals surface area contributed by atoms with Gasteiger partial charge in [0.15, 0.2) is 0 Å². The first-order chi connectivity index (χ1) is 9.87. The van der Waals surface area contributed by atoms with Crippen LogP contribution in [0, 0.1) is 0 Å². The number of para-hydroxylation sites is 1. The smallest absolute Gasteiger partial charge is 0.376 e. The van der Waals surface area contributed by atoms with Gasteiger partial charge in [0.2, 0.25) is 5.91 Å². The van der Waals surface area contributed by atoms with Crippen LogP contribution in [-0.2, 0) is 4.79 Å². The van der Waals surface area contributed by atoms with Gasteiger partial charge >= 0.3 is 6.18 Å². The second kappa shape index (κ2) is 6.30. The molecular weight excluding hydrogens is 351 g/mol. The Hall–Kier alpha value is -1.83. The molecule has 0 saturated carbocycles. The van der Waals surface area contributed by atoms with Gasteiger partial charge < -0.3 is 10.6 Å². The first-order valence-electron chi connectivity index (χ1n) is 5.97. The molecule has 1 heterocycles. The van der Waals surface area contributed by atoms with Gasteiger partial charge in [-0.1, -0.05) is 12.1 Å². The van der Waals surface area contributed by atoms with Crippen LogP contribution in [0.4, 0.5) is 18.9 Å². The minimum absolute atomic E-state index is 0.248. The van der Waals surface area contributed by atoms with Crippen LogP contribution in [0.25, 0.3) is 10.9 Å². The molecule has 0 saturated heterocycles. The summed E-state index contributed by atoms with van der Waals surface area (Å²) >= 11 is 3.36. The van der Waals surface area contributed by atoms with Crippen molar-refractivity contribution in [2.75, 3.05) is 18.4 Å². The van der Waals surface area contributed by atoms with Crippen LogP contribution >= 0.6 is 15.9 Å². The second-order valence-corrected chi connectivity index (χ2v) is 5.09. The maximum Gasteiger partial charge on any atom is 0.405 e. The Morgan fingerprint density at radius 2 is 2.05 bits per heavy atom. The number of nitrogens with one attached hydrogen (secondary N) is 2. The normalized spacial score (nSPS) is 11.4. The lowest BCUT2D eigenvalue weighted by Crippen LogP contribution is -2.37. The number of nitrogens with zero attached hydrogens (tertiary/aromatic N) is 1. The summed E-state index contributed by atoms with van der Waals surface area (Å²) in [7, 11) is 0. The third-order valence-electron chi connectivity index (χ3n) is 2.65. The zero-order chi connectivity index (χ0) is 15.5. The molecule has 0 fully saturated rings. The van der Waals surface area contributed by atoms with E-state index in [4.69, 9.17) is 0 Å². The lowest BCUT2D eigenvalue weighted by atomic mass is 10.2. The Morgan fingerprint density at radius 3 is 2.76 bits per heavy atom. The molecule has 1 amide bonds. The van der Waals surface area contributed by atoms with E-state index in [0.29, 0.717) is 11.2 Å². The summed E-state index contributed by atoms with van der Waals surface area (Å²) < 4.78 is 36.7. The third kappa shape index (κ3) is 4.32. The average molecular weight is 362 g/mol.